The molecule has 0 spiro atoms. The van der Waals surface area contributed by atoms with E-state index >= 15 is 0 Å². The lowest BCUT2D eigenvalue weighted by Crippen LogP contribution is -2.58. The van der Waals surface area contributed by atoms with Gasteiger partial charge in [-0.1, -0.05) is 32.9 Å². The van der Waals surface area contributed by atoms with Crippen molar-refractivity contribution >= 4 is 0 Å². The summed E-state index contributed by atoms with van der Waals surface area (Å²) >= 11 is 0. The molecular weight excluding hydrogens is 220 g/mol. The molecular formula is C16H30N2. The fourth-order valence-corrected chi connectivity index (χ4v) is 3.31. The smallest absolute Gasteiger partial charge is 0.0218 e. The molecule has 0 aromatic rings. The quantitative estimate of drug-likeness (QED) is 0.772. The van der Waals surface area contributed by atoms with Gasteiger partial charge in [0, 0.05) is 31.7 Å². The lowest BCUT2D eigenvalue weighted by molar-refractivity contribution is 0.0908. The highest BCUT2D eigenvalue weighted by molar-refractivity contribution is 4.93. The van der Waals surface area contributed by atoms with Crippen LogP contribution < -0.4 is 5.32 Å². The van der Waals surface area contributed by atoms with Gasteiger partial charge in [0.25, 0.3) is 0 Å². The maximum atomic E-state index is 3.73. The van der Waals surface area contributed by atoms with Crippen LogP contribution in [0.1, 0.15) is 46.5 Å². The van der Waals surface area contributed by atoms with Gasteiger partial charge in [0.05, 0.1) is 0 Å². The summed E-state index contributed by atoms with van der Waals surface area (Å²) in [6, 6.07) is 1.44. The highest BCUT2D eigenvalue weighted by atomic mass is 15.2. The minimum Gasteiger partial charge on any atom is -0.311 e. The molecule has 2 aliphatic rings. The van der Waals surface area contributed by atoms with E-state index in [-0.39, 0.29) is 0 Å². The van der Waals surface area contributed by atoms with Gasteiger partial charge in [0.1, 0.15) is 0 Å². The van der Waals surface area contributed by atoms with E-state index in [4.69, 9.17) is 0 Å². The van der Waals surface area contributed by atoms with Crippen LogP contribution in [0.3, 0.4) is 0 Å². The van der Waals surface area contributed by atoms with Crippen molar-refractivity contribution in [2.75, 3.05) is 19.6 Å². The number of allylic oxidation sites excluding steroid dienone is 2. The SMILES string of the molecule is CCC1CNC(C(C)C)CN1CC1CC=CCC1. The summed E-state index contributed by atoms with van der Waals surface area (Å²) in [7, 11) is 0. The molecule has 0 radical (unpaired) electrons. The minimum absolute atomic E-state index is 0.687. The van der Waals surface area contributed by atoms with Crippen LogP contribution in [0.15, 0.2) is 12.2 Å². The maximum absolute atomic E-state index is 3.73. The Kier molecular flexibility index (Phi) is 5.25. The number of hydrogen-bond acceptors (Lipinski definition) is 2. The van der Waals surface area contributed by atoms with E-state index in [1.165, 1.54) is 45.3 Å². The van der Waals surface area contributed by atoms with Crippen LogP contribution in [0.2, 0.25) is 0 Å². The number of hydrogen-bond donors (Lipinski definition) is 1. The maximum Gasteiger partial charge on any atom is 0.0218 e. The molecule has 3 unspecified atom stereocenters. The van der Waals surface area contributed by atoms with Gasteiger partial charge in [-0.3, -0.25) is 4.90 Å². The van der Waals surface area contributed by atoms with Crippen molar-refractivity contribution in [3.63, 3.8) is 0 Å². The average Bonchev–Trinajstić information content (AvgIpc) is 2.39. The molecule has 2 nitrogen and oxygen atoms in total. The van der Waals surface area contributed by atoms with E-state index in [0.29, 0.717) is 6.04 Å². The highest BCUT2D eigenvalue weighted by Gasteiger charge is 2.29. The van der Waals surface area contributed by atoms with Crippen molar-refractivity contribution in [1.29, 1.82) is 0 Å². The third kappa shape index (κ3) is 3.58. The van der Waals surface area contributed by atoms with Gasteiger partial charge in [-0.25, -0.2) is 0 Å². The topological polar surface area (TPSA) is 15.3 Å². The van der Waals surface area contributed by atoms with Gasteiger partial charge >= 0.3 is 0 Å². The second-order valence-corrected chi connectivity index (χ2v) is 6.43. The first-order valence-electron chi connectivity index (χ1n) is 7.83. The predicted molar refractivity (Wildman–Crippen MR) is 78.8 cm³/mol. The van der Waals surface area contributed by atoms with Crippen molar-refractivity contribution in [2.45, 2.75) is 58.5 Å². The van der Waals surface area contributed by atoms with Crippen molar-refractivity contribution in [3.05, 3.63) is 12.2 Å². The second kappa shape index (κ2) is 6.72. The van der Waals surface area contributed by atoms with Crippen LogP contribution in [0.5, 0.6) is 0 Å². The van der Waals surface area contributed by atoms with E-state index < -0.39 is 0 Å². The summed E-state index contributed by atoms with van der Waals surface area (Å²) in [5.74, 6) is 1.64. The lowest BCUT2D eigenvalue weighted by Gasteiger charge is -2.43. The largest absolute Gasteiger partial charge is 0.311 e. The monoisotopic (exact) mass is 250 g/mol. The third-order valence-electron chi connectivity index (χ3n) is 4.71. The summed E-state index contributed by atoms with van der Waals surface area (Å²) in [4.78, 5) is 2.77. The predicted octanol–water partition coefficient (Wildman–Crippen LogP) is 3.05. The Hall–Kier alpha value is -0.340. The Morgan fingerprint density at radius 3 is 2.78 bits per heavy atom. The van der Waals surface area contributed by atoms with Gasteiger partial charge < -0.3 is 5.32 Å². The molecule has 0 saturated carbocycles. The summed E-state index contributed by atoms with van der Waals surface area (Å²) in [6.07, 6.45) is 10.00. The first-order valence-corrected chi connectivity index (χ1v) is 7.83. The van der Waals surface area contributed by atoms with Crippen molar-refractivity contribution < 1.29 is 0 Å². The van der Waals surface area contributed by atoms with Crippen LogP contribution in [0.25, 0.3) is 0 Å². The normalized spacial score (nSPS) is 34.1. The van der Waals surface area contributed by atoms with Crippen molar-refractivity contribution in [2.24, 2.45) is 11.8 Å². The van der Waals surface area contributed by atoms with E-state index in [2.05, 4.69) is 43.1 Å². The molecule has 2 rings (SSSR count). The summed E-state index contributed by atoms with van der Waals surface area (Å²) < 4.78 is 0. The summed E-state index contributed by atoms with van der Waals surface area (Å²) in [5, 5.41) is 3.73. The second-order valence-electron chi connectivity index (χ2n) is 6.43. The molecule has 0 amide bonds. The number of piperazine rings is 1. The molecule has 1 fully saturated rings. The van der Waals surface area contributed by atoms with Gasteiger partial charge in [0.15, 0.2) is 0 Å². The van der Waals surface area contributed by atoms with E-state index in [0.717, 1.165) is 17.9 Å². The minimum atomic E-state index is 0.687. The Morgan fingerprint density at radius 2 is 2.17 bits per heavy atom. The van der Waals surface area contributed by atoms with Crippen LogP contribution >= 0.6 is 0 Å². The number of nitrogens with zero attached hydrogens (tertiary/aromatic N) is 1. The molecule has 104 valence electrons. The summed E-state index contributed by atoms with van der Waals surface area (Å²) in [6.45, 7) is 10.7. The zero-order valence-electron chi connectivity index (χ0n) is 12.4. The lowest BCUT2D eigenvalue weighted by atomic mass is 9.91. The zero-order valence-corrected chi connectivity index (χ0v) is 12.4. The zero-order chi connectivity index (χ0) is 13.0. The number of rotatable bonds is 4. The van der Waals surface area contributed by atoms with Crippen LogP contribution in [-0.4, -0.2) is 36.6 Å². The summed E-state index contributed by atoms with van der Waals surface area (Å²) in [5.41, 5.74) is 0. The molecule has 2 heteroatoms. The van der Waals surface area contributed by atoms with Crippen LogP contribution in [0.4, 0.5) is 0 Å². The molecule has 0 bridgehead atoms. The Labute approximate surface area is 113 Å². The first kappa shape index (κ1) is 14.1. The molecule has 1 aliphatic carbocycles. The third-order valence-corrected chi connectivity index (χ3v) is 4.71. The van der Waals surface area contributed by atoms with Crippen molar-refractivity contribution in [3.8, 4) is 0 Å². The average molecular weight is 250 g/mol. The van der Waals surface area contributed by atoms with Crippen molar-refractivity contribution in [1.82, 2.24) is 10.2 Å². The van der Waals surface area contributed by atoms with Crippen LogP contribution in [-0.2, 0) is 0 Å². The molecule has 0 aromatic heterocycles. The van der Waals surface area contributed by atoms with Gasteiger partial charge in [-0.2, -0.15) is 0 Å². The fraction of sp³-hybridized carbons (Fsp3) is 0.875. The molecule has 1 N–H and O–H groups in total. The highest BCUT2D eigenvalue weighted by Crippen LogP contribution is 2.23. The number of nitrogens with one attached hydrogen (secondary N) is 1. The Morgan fingerprint density at radius 1 is 1.33 bits per heavy atom. The van der Waals surface area contributed by atoms with E-state index in [1.807, 2.05) is 0 Å². The molecule has 18 heavy (non-hydrogen) atoms. The van der Waals surface area contributed by atoms with Gasteiger partial charge in [0.2, 0.25) is 0 Å². The van der Waals surface area contributed by atoms with Gasteiger partial charge in [-0.05, 0) is 37.5 Å². The Bertz CT molecular complexity index is 272. The molecule has 0 aromatic carbocycles. The molecule has 1 heterocycles. The Balaban J connectivity index is 1.91. The first-order chi connectivity index (χ1) is 8.70. The standard InChI is InChI=1S/C16H30N2/c1-4-15-10-17-16(13(2)3)12-18(15)11-14-8-6-5-7-9-14/h5-6,13-17H,4,7-12H2,1-3H3. The van der Waals surface area contributed by atoms with E-state index in [9.17, 15) is 0 Å². The van der Waals surface area contributed by atoms with Gasteiger partial charge in [-0.15, -0.1) is 0 Å². The van der Waals surface area contributed by atoms with Crippen LogP contribution in [0, 0.1) is 11.8 Å². The molecule has 3 atom stereocenters. The fourth-order valence-electron chi connectivity index (χ4n) is 3.31. The molecule has 1 aliphatic heterocycles. The molecule has 1 saturated heterocycles. The van der Waals surface area contributed by atoms with E-state index in [1.54, 1.807) is 0 Å².